The first kappa shape index (κ1) is 14.9. The largest absolute Gasteiger partial charge is 0.367 e. The number of nitrogens with one attached hydrogen (secondary N) is 3. The van der Waals surface area contributed by atoms with Crippen LogP contribution >= 0.6 is 0 Å². The maximum atomic E-state index is 4.64. The lowest BCUT2D eigenvalue weighted by Gasteiger charge is -2.15. The first-order valence-corrected chi connectivity index (χ1v) is 8.40. The molecule has 4 rings (SSSR count). The Balaban J connectivity index is 1.62. The number of hydrogen-bond acceptors (Lipinski definition) is 6. The van der Waals surface area contributed by atoms with E-state index in [-0.39, 0.29) is 6.04 Å². The number of aromatic nitrogens is 6. The van der Waals surface area contributed by atoms with Gasteiger partial charge in [-0.2, -0.15) is 19.9 Å². The van der Waals surface area contributed by atoms with Crippen LogP contribution < -0.4 is 10.6 Å². The molecule has 1 fully saturated rings. The molecule has 1 aliphatic carbocycles. The molecule has 24 heavy (non-hydrogen) atoms. The van der Waals surface area contributed by atoms with Crippen molar-refractivity contribution in [2.24, 2.45) is 5.92 Å². The lowest BCUT2D eigenvalue weighted by atomic mass is 10.2. The Labute approximate surface area is 140 Å². The molecule has 8 nitrogen and oxygen atoms in total. The zero-order valence-electron chi connectivity index (χ0n) is 14.1. The van der Waals surface area contributed by atoms with E-state index in [0.717, 1.165) is 22.8 Å². The third kappa shape index (κ3) is 2.91. The molecule has 1 unspecified atom stereocenters. The van der Waals surface area contributed by atoms with Gasteiger partial charge in [0.1, 0.15) is 11.5 Å². The predicted molar refractivity (Wildman–Crippen MR) is 93.4 cm³/mol. The smallest absolute Gasteiger partial charge is 0.232 e. The summed E-state index contributed by atoms with van der Waals surface area (Å²) in [7, 11) is 0. The molecule has 3 aromatic rings. The number of rotatable bonds is 6. The highest BCUT2D eigenvalue weighted by molar-refractivity contribution is 5.88. The van der Waals surface area contributed by atoms with Gasteiger partial charge in [0.25, 0.3) is 0 Å². The van der Waals surface area contributed by atoms with Crippen molar-refractivity contribution >= 4 is 28.6 Å². The fourth-order valence-corrected chi connectivity index (χ4v) is 2.73. The number of anilines is 3. The fraction of sp³-hybridized carbons (Fsp3) is 0.500. The highest BCUT2D eigenvalue weighted by Crippen LogP contribution is 2.34. The van der Waals surface area contributed by atoms with Gasteiger partial charge in [0.15, 0.2) is 5.82 Å². The Bertz CT molecular complexity index is 845. The molecule has 0 amide bonds. The van der Waals surface area contributed by atoms with Crippen molar-refractivity contribution < 1.29 is 0 Å². The van der Waals surface area contributed by atoms with Crippen molar-refractivity contribution in [3.05, 3.63) is 18.5 Å². The number of fused-ring (bicyclic) bond motifs is 1. The zero-order valence-corrected chi connectivity index (χ0v) is 14.1. The van der Waals surface area contributed by atoms with E-state index in [0.29, 0.717) is 17.8 Å². The Morgan fingerprint density at radius 1 is 1.25 bits per heavy atom. The van der Waals surface area contributed by atoms with Crippen LogP contribution in [0.1, 0.15) is 39.7 Å². The van der Waals surface area contributed by atoms with Gasteiger partial charge in [0, 0.05) is 12.2 Å². The first-order valence-electron chi connectivity index (χ1n) is 8.40. The number of hydrogen-bond donors (Lipinski definition) is 3. The average Bonchev–Trinajstić information content (AvgIpc) is 3.10. The molecule has 1 saturated carbocycles. The standard InChI is InChI=1S/C16H22N8/c1-9(2)24-18-8-13(23-24)20-16-21-14-12(6-7-17-14)15(22-16)19-10(3)11-4-5-11/h6-11H,4-5H2,1-3H3,(H3,17,19,20,21,22,23). The van der Waals surface area contributed by atoms with E-state index >= 15 is 0 Å². The van der Waals surface area contributed by atoms with E-state index in [1.165, 1.54) is 12.8 Å². The van der Waals surface area contributed by atoms with Crippen molar-refractivity contribution in [3.8, 4) is 0 Å². The van der Waals surface area contributed by atoms with Crippen LogP contribution in [0.3, 0.4) is 0 Å². The summed E-state index contributed by atoms with van der Waals surface area (Å²) in [6.45, 7) is 6.28. The summed E-state index contributed by atoms with van der Waals surface area (Å²) in [5.74, 6) is 2.73. The molecule has 1 atom stereocenters. The Morgan fingerprint density at radius 3 is 2.79 bits per heavy atom. The second-order valence-corrected chi connectivity index (χ2v) is 6.68. The summed E-state index contributed by atoms with van der Waals surface area (Å²) in [6.07, 6.45) is 6.14. The normalized spacial score (nSPS) is 15.8. The Hall–Kier alpha value is -2.64. The van der Waals surface area contributed by atoms with Crippen LogP contribution in [0.2, 0.25) is 0 Å². The molecule has 3 aromatic heterocycles. The third-order valence-electron chi connectivity index (χ3n) is 4.32. The Morgan fingerprint density at radius 2 is 2.08 bits per heavy atom. The molecule has 3 heterocycles. The minimum absolute atomic E-state index is 0.212. The Kier molecular flexibility index (Phi) is 3.59. The van der Waals surface area contributed by atoms with Crippen molar-refractivity contribution in [2.45, 2.75) is 45.7 Å². The zero-order chi connectivity index (χ0) is 16.7. The van der Waals surface area contributed by atoms with Gasteiger partial charge in [-0.3, -0.25) is 0 Å². The maximum absolute atomic E-state index is 4.64. The SMILES string of the molecule is CC(Nc1nc(Nc2cnn(C(C)C)n2)nc2[nH]ccc12)C1CC1. The van der Waals surface area contributed by atoms with Gasteiger partial charge in [0.05, 0.1) is 17.6 Å². The molecule has 0 saturated heterocycles. The van der Waals surface area contributed by atoms with E-state index in [1.54, 1.807) is 11.0 Å². The van der Waals surface area contributed by atoms with Gasteiger partial charge >= 0.3 is 0 Å². The maximum Gasteiger partial charge on any atom is 0.232 e. The fourth-order valence-electron chi connectivity index (χ4n) is 2.73. The van der Waals surface area contributed by atoms with Gasteiger partial charge in [-0.15, -0.1) is 5.10 Å². The van der Waals surface area contributed by atoms with Crippen LogP contribution in [0.5, 0.6) is 0 Å². The lowest BCUT2D eigenvalue weighted by molar-refractivity contribution is 0.467. The van der Waals surface area contributed by atoms with Gasteiger partial charge in [-0.1, -0.05) is 0 Å². The van der Waals surface area contributed by atoms with Gasteiger partial charge in [-0.05, 0) is 45.6 Å². The van der Waals surface area contributed by atoms with E-state index in [2.05, 4.69) is 42.7 Å². The van der Waals surface area contributed by atoms with Crippen molar-refractivity contribution in [1.29, 1.82) is 0 Å². The van der Waals surface area contributed by atoms with Crippen LogP contribution in [0.15, 0.2) is 18.5 Å². The summed E-state index contributed by atoms with van der Waals surface area (Å²) in [5, 5.41) is 16.3. The molecule has 126 valence electrons. The molecule has 8 heteroatoms. The number of H-pyrrole nitrogens is 1. The first-order chi connectivity index (χ1) is 11.6. The summed E-state index contributed by atoms with van der Waals surface area (Å²) in [6, 6.07) is 2.62. The predicted octanol–water partition coefficient (Wildman–Crippen LogP) is 3.08. The van der Waals surface area contributed by atoms with Crippen LogP contribution in [-0.2, 0) is 0 Å². The highest BCUT2D eigenvalue weighted by atomic mass is 15.5. The van der Waals surface area contributed by atoms with E-state index in [1.807, 2.05) is 26.1 Å². The molecule has 1 aliphatic rings. The van der Waals surface area contributed by atoms with Crippen LogP contribution in [0, 0.1) is 5.92 Å². The summed E-state index contributed by atoms with van der Waals surface area (Å²) >= 11 is 0. The van der Waals surface area contributed by atoms with E-state index < -0.39 is 0 Å². The third-order valence-corrected chi connectivity index (χ3v) is 4.32. The van der Waals surface area contributed by atoms with Gasteiger partial charge in [-0.25, -0.2) is 0 Å². The monoisotopic (exact) mass is 326 g/mol. The van der Waals surface area contributed by atoms with Crippen molar-refractivity contribution in [3.63, 3.8) is 0 Å². The van der Waals surface area contributed by atoms with Crippen LogP contribution in [-0.4, -0.2) is 36.0 Å². The molecule has 0 spiro atoms. The minimum atomic E-state index is 0.212. The highest BCUT2D eigenvalue weighted by Gasteiger charge is 2.28. The van der Waals surface area contributed by atoms with Crippen molar-refractivity contribution in [1.82, 2.24) is 29.9 Å². The van der Waals surface area contributed by atoms with Crippen LogP contribution in [0.25, 0.3) is 11.0 Å². The summed E-state index contributed by atoms with van der Waals surface area (Å²) < 4.78 is 0. The molecular formula is C16H22N8. The number of aromatic amines is 1. The molecule has 0 radical (unpaired) electrons. The van der Waals surface area contributed by atoms with E-state index in [4.69, 9.17) is 0 Å². The lowest BCUT2D eigenvalue weighted by Crippen LogP contribution is -2.18. The molecule has 0 aromatic carbocycles. The second-order valence-electron chi connectivity index (χ2n) is 6.68. The van der Waals surface area contributed by atoms with Crippen LogP contribution in [0.4, 0.5) is 17.6 Å². The van der Waals surface area contributed by atoms with Crippen molar-refractivity contribution in [2.75, 3.05) is 10.6 Å². The quantitative estimate of drug-likeness (QED) is 0.644. The minimum Gasteiger partial charge on any atom is -0.367 e. The van der Waals surface area contributed by atoms with E-state index in [9.17, 15) is 0 Å². The second kappa shape index (κ2) is 5.77. The summed E-state index contributed by atoms with van der Waals surface area (Å²) in [4.78, 5) is 14.0. The number of nitrogens with zero attached hydrogens (tertiary/aromatic N) is 5. The molecular weight excluding hydrogens is 304 g/mol. The molecule has 3 N–H and O–H groups in total. The van der Waals surface area contributed by atoms with Gasteiger partial charge in [0.2, 0.25) is 5.95 Å². The summed E-state index contributed by atoms with van der Waals surface area (Å²) in [5.41, 5.74) is 0.800. The van der Waals surface area contributed by atoms with Gasteiger partial charge < -0.3 is 15.6 Å². The molecule has 0 aliphatic heterocycles. The average molecular weight is 326 g/mol. The topological polar surface area (TPSA) is 96.3 Å². The molecule has 0 bridgehead atoms.